The maximum absolute atomic E-state index is 12.7. The van der Waals surface area contributed by atoms with Gasteiger partial charge in [-0.15, -0.1) is 0 Å². The normalized spacial score (nSPS) is 20.3. The zero-order chi connectivity index (χ0) is 18.9. The Morgan fingerprint density at radius 2 is 2.12 bits per heavy atom. The van der Waals surface area contributed by atoms with Crippen molar-refractivity contribution in [1.29, 1.82) is 0 Å². The summed E-state index contributed by atoms with van der Waals surface area (Å²) in [5, 5.41) is 7.75. The van der Waals surface area contributed by atoms with Gasteiger partial charge in [0.25, 0.3) is 5.91 Å². The number of nitrogens with one attached hydrogen (secondary N) is 1. The number of hydrogen-bond acceptors (Lipinski definition) is 4. The summed E-state index contributed by atoms with van der Waals surface area (Å²) in [7, 11) is 0. The van der Waals surface area contributed by atoms with Crippen LogP contribution in [0.4, 0.5) is 5.82 Å². The molecule has 6 nitrogen and oxygen atoms in total. The predicted molar refractivity (Wildman–Crippen MR) is 103 cm³/mol. The second kappa shape index (κ2) is 7.21. The fourth-order valence-electron chi connectivity index (χ4n) is 3.07. The summed E-state index contributed by atoms with van der Waals surface area (Å²) in [4.78, 5) is 12.7. The number of nitrogens with two attached hydrogens (primary N) is 1. The van der Waals surface area contributed by atoms with Crippen LogP contribution in [0.15, 0.2) is 30.3 Å². The summed E-state index contributed by atoms with van der Waals surface area (Å²) in [6.45, 7) is 8.79. The Bertz CT molecular complexity index is 791. The first-order valence-corrected chi connectivity index (χ1v) is 9.12. The molecule has 6 heteroatoms. The van der Waals surface area contributed by atoms with Crippen molar-refractivity contribution in [3.05, 3.63) is 41.6 Å². The number of hydrogen-bond donors (Lipinski definition) is 2. The molecule has 1 aromatic carbocycles. The van der Waals surface area contributed by atoms with Crippen LogP contribution in [-0.2, 0) is 14.9 Å². The average molecular weight is 356 g/mol. The van der Waals surface area contributed by atoms with Crippen molar-refractivity contribution in [2.24, 2.45) is 5.73 Å². The first-order valence-electron chi connectivity index (χ1n) is 9.12. The van der Waals surface area contributed by atoms with Crippen molar-refractivity contribution in [1.82, 2.24) is 9.78 Å². The number of rotatable bonds is 4. The van der Waals surface area contributed by atoms with Gasteiger partial charge in [-0.2, -0.15) is 5.10 Å². The number of carbonyl (C=O) groups is 1. The molecule has 0 spiro atoms. The number of aryl methyl sites for hydroxylation is 1. The van der Waals surface area contributed by atoms with E-state index in [4.69, 9.17) is 15.6 Å². The van der Waals surface area contributed by atoms with Gasteiger partial charge in [0, 0.05) is 18.0 Å². The third-order valence-corrected chi connectivity index (χ3v) is 4.64. The fourth-order valence-corrected chi connectivity index (χ4v) is 3.07. The average Bonchev–Trinajstić information content (AvgIpc) is 3.21. The summed E-state index contributed by atoms with van der Waals surface area (Å²) in [5.41, 5.74) is 8.50. The quantitative estimate of drug-likeness (QED) is 0.882. The number of amides is 1. The van der Waals surface area contributed by atoms with Gasteiger partial charge in [-0.05, 0) is 37.5 Å². The molecule has 2 heterocycles. The molecule has 0 radical (unpaired) electrons. The van der Waals surface area contributed by atoms with Crippen molar-refractivity contribution in [3.63, 3.8) is 0 Å². The van der Waals surface area contributed by atoms with Gasteiger partial charge in [-0.1, -0.05) is 32.9 Å². The third kappa shape index (κ3) is 3.97. The molecule has 26 heavy (non-hydrogen) atoms. The van der Waals surface area contributed by atoms with Crippen LogP contribution in [0.3, 0.4) is 0 Å². The number of nitrogens with zero attached hydrogens (tertiary/aromatic N) is 2. The molecule has 1 fully saturated rings. The van der Waals surface area contributed by atoms with E-state index in [2.05, 4.69) is 26.1 Å². The predicted octanol–water partition coefficient (Wildman–Crippen LogP) is 2.92. The van der Waals surface area contributed by atoms with Gasteiger partial charge < -0.3 is 15.8 Å². The van der Waals surface area contributed by atoms with Gasteiger partial charge in [0.15, 0.2) is 0 Å². The molecular formula is C20H28N4O2. The second-order valence-electron chi connectivity index (χ2n) is 7.96. The molecule has 1 aromatic heterocycles. The Morgan fingerprint density at radius 3 is 2.73 bits per heavy atom. The number of aromatic nitrogens is 2. The van der Waals surface area contributed by atoms with Crippen LogP contribution in [0.25, 0.3) is 5.69 Å². The van der Waals surface area contributed by atoms with Gasteiger partial charge in [0.2, 0.25) is 0 Å². The van der Waals surface area contributed by atoms with Crippen LogP contribution >= 0.6 is 0 Å². The van der Waals surface area contributed by atoms with E-state index in [0.717, 1.165) is 23.4 Å². The molecule has 1 aliphatic rings. The lowest BCUT2D eigenvalue weighted by Gasteiger charge is -2.14. The molecule has 2 atom stereocenters. The van der Waals surface area contributed by atoms with E-state index < -0.39 is 6.10 Å². The van der Waals surface area contributed by atoms with Gasteiger partial charge in [0.05, 0.1) is 17.5 Å². The monoisotopic (exact) mass is 356 g/mol. The first-order chi connectivity index (χ1) is 12.3. The molecule has 1 amide bonds. The Hall–Kier alpha value is -2.18. The van der Waals surface area contributed by atoms with Crippen molar-refractivity contribution in [2.45, 2.75) is 58.2 Å². The van der Waals surface area contributed by atoms with Gasteiger partial charge >= 0.3 is 0 Å². The number of ether oxygens (including phenoxy) is 1. The molecule has 2 aromatic rings. The number of benzene rings is 1. The fraction of sp³-hybridized carbons (Fsp3) is 0.500. The maximum atomic E-state index is 12.7. The number of anilines is 1. The van der Waals surface area contributed by atoms with Crippen molar-refractivity contribution < 1.29 is 9.53 Å². The van der Waals surface area contributed by atoms with E-state index in [1.165, 1.54) is 0 Å². The molecule has 3 N–H and O–H groups in total. The van der Waals surface area contributed by atoms with E-state index in [1.54, 1.807) is 4.68 Å². The Balaban J connectivity index is 1.90. The van der Waals surface area contributed by atoms with Crippen molar-refractivity contribution in [2.75, 3.05) is 11.9 Å². The highest BCUT2D eigenvalue weighted by molar-refractivity contribution is 5.94. The molecule has 0 saturated carbocycles. The minimum Gasteiger partial charge on any atom is -0.364 e. The standard InChI is InChI=1S/C20H28N4O2/c1-13-6-5-7-14(10-13)24-18(11-17(23-24)20(2,3)4)22-19(25)16-9-8-15(12-21)26-16/h5-7,10-11,15-16H,8-9,12,21H2,1-4H3,(H,22,25)/t15-,16+/m1/s1. The molecule has 3 rings (SSSR count). The molecule has 1 aliphatic heterocycles. The largest absolute Gasteiger partial charge is 0.364 e. The van der Waals surface area contributed by atoms with E-state index in [1.807, 2.05) is 37.3 Å². The Kier molecular flexibility index (Phi) is 5.16. The number of carbonyl (C=O) groups excluding carboxylic acids is 1. The van der Waals surface area contributed by atoms with Crippen molar-refractivity contribution in [3.8, 4) is 5.69 Å². The van der Waals surface area contributed by atoms with E-state index >= 15 is 0 Å². The third-order valence-electron chi connectivity index (χ3n) is 4.64. The second-order valence-corrected chi connectivity index (χ2v) is 7.96. The van der Waals surface area contributed by atoms with Gasteiger partial charge in [0.1, 0.15) is 11.9 Å². The molecule has 1 saturated heterocycles. The lowest BCUT2D eigenvalue weighted by molar-refractivity contribution is -0.126. The summed E-state index contributed by atoms with van der Waals surface area (Å²) < 4.78 is 7.51. The van der Waals surface area contributed by atoms with Crippen LogP contribution in [0.2, 0.25) is 0 Å². The zero-order valence-electron chi connectivity index (χ0n) is 16.0. The van der Waals surface area contributed by atoms with Crippen LogP contribution < -0.4 is 11.1 Å². The van der Waals surface area contributed by atoms with Crippen LogP contribution in [0.1, 0.15) is 44.9 Å². The summed E-state index contributed by atoms with van der Waals surface area (Å²) in [6, 6.07) is 10.00. The zero-order valence-corrected chi connectivity index (χ0v) is 16.0. The summed E-state index contributed by atoms with van der Waals surface area (Å²) in [5.74, 6) is 0.514. The maximum Gasteiger partial charge on any atom is 0.254 e. The van der Waals surface area contributed by atoms with Crippen molar-refractivity contribution >= 4 is 11.7 Å². The highest BCUT2D eigenvalue weighted by Gasteiger charge is 2.31. The summed E-state index contributed by atoms with van der Waals surface area (Å²) >= 11 is 0. The van der Waals surface area contributed by atoms with Gasteiger partial charge in [-0.3, -0.25) is 4.79 Å². The molecule has 0 bridgehead atoms. The van der Waals surface area contributed by atoms with Gasteiger partial charge in [-0.25, -0.2) is 4.68 Å². The minimum absolute atomic E-state index is 0.0300. The lowest BCUT2D eigenvalue weighted by atomic mass is 9.92. The first kappa shape index (κ1) is 18.6. The van der Waals surface area contributed by atoms with Crippen LogP contribution in [0.5, 0.6) is 0 Å². The van der Waals surface area contributed by atoms with Crippen LogP contribution in [-0.4, -0.2) is 34.4 Å². The van der Waals surface area contributed by atoms with E-state index in [0.29, 0.717) is 18.8 Å². The van der Waals surface area contributed by atoms with Crippen LogP contribution in [0, 0.1) is 6.92 Å². The minimum atomic E-state index is -0.456. The highest BCUT2D eigenvalue weighted by Crippen LogP contribution is 2.27. The SMILES string of the molecule is Cc1cccc(-n2nc(C(C)(C)C)cc2NC(=O)[C@@H]2CC[C@H](CN)O2)c1. The molecule has 0 unspecified atom stereocenters. The summed E-state index contributed by atoms with van der Waals surface area (Å²) in [6.07, 6.45) is 1.03. The van der Waals surface area contributed by atoms with E-state index in [-0.39, 0.29) is 17.4 Å². The lowest BCUT2D eigenvalue weighted by Crippen LogP contribution is -2.30. The van der Waals surface area contributed by atoms with E-state index in [9.17, 15) is 4.79 Å². The smallest absolute Gasteiger partial charge is 0.254 e. The molecule has 0 aliphatic carbocycles. The Labute approximate surface area is 154 Å². The topological polar surface area (TPSA) is 82.2 Å². The molecular weight excluding hydrogens is 328 g/mol. The molecule has 140 valence electrons. The highest BCUT2D eigenvalue weighted by atomic mass is 16.5. The Morgan fingerprint density at radius 1 is 1.35 bits per heavy atom.